The van der Waals surface area contributed by atoms with E-state index in [2.05, 4.69) is 4.98 Å². The average molecular weight is 342 g/mol. The topological polar surface area (TPSA) is 54.9 Å². The van der Waals surface area contributed by atoms with Gasteiger partial charge >= 0.3 is 5.69 Å². The largest absolute Gasteiger partial charge is 0.333 e. The maximum atomic E-state index is 13.5. The van der Waals surface area contributed by atoms with E-state index in [9.17, 15) is 14.0 Å². The van der Waals surface area contributed by atoms with Crippen molar-refractivity contribution in [3.05, 3.63) is 80.7 Å². The molecule has 4 nitrogen and oxygen atoms in total. The molecule has 0 saturated carbocycles. The lowest BCUT2D eigenvalue weighted by atomic mass is 10.1. The van der Waals surface area contributed by atoms with Crippen LogP contribution in [0.25, 0.3) is 16.9 Å². The van der Waals surface area contributed by atoms with Gasteiger partial charge in [-0.05, 0) is 66.8 Å². The van der Waals surface area contributed by atoms with Gasteiger partial charge in [-0.15, -0.1) is 11.8 Å². The number of hydrogen-bond acceptors (Lipinski definition) is 3. The van der Waals surface area contributed by atoms with Gasteiger partial charge in [0.1, 0.15) is 5.82 Å². The second kappa shape index (κ2) is 6.49. The first-order valence-corrected chi connectivity index (χ1v) is 8.49. The summed E-state index contributed by atoms with van der Waals surface area (Å²) in [4.78, 5) is 27.5. The lowest BCUT2D eigenvalue weighted by Gasteiger charge is -2.13. The Morgan fingerprint density at radius 2 is 1.75 bits per heavy atom. The van der Waals surface area contributed by atoms with Crippen LogP contribution in [0.3, 0.4) is 0 Å². The SMILES string of the molecule is CSc1ccc(-n2c(-c3ccc(F)c(C)c3)cc(=O)[nH]c2=O)cc1. The molecule has 6 heteroatoms. The van der Waals surface area contributed by atoms with Crippen LogP contribution in [-0.2, 0) is 0 Å². The van der Waals surface area contributed by atoms with Crippen LogP contribution < -0.4 is 11.2 Å². The highest BCUT2D eigenvalue weighted by atomic mass is 32.2. The van der Waals surface area contributed by atoms with Gasteiger partial charge in [-0.2, -0.15) is 0 Å². The van der Waals surface area contributed by atoms with Crippen LogP contribution in [0.1, 0.15) is 5.56 Å². The van der Waals surface area contributed by atoms with E-state index in [4.69, 9.17) is 0 Å². The lowest BCUT2D eigenvalue weighted by molar-refractivity contribution is 0.618. The van der Waals surface area contributed by atoms with Gasteiger partial charge in [0.15, 0.2) is 0 Å². The summed E-state index contributed by atoms with van der Waals surface area (Å²) in [5.74, 6) is -0.332. The summed E-state index contributed by atoms with van der Waals surface area (Å²) in [6, 6.07) is 13.3. The number of aromatic amines is 1. The van der Waals surface area contributed by atoms with Crippen molar-refractivity contribution in [2.75, 3.05) is 6.26 Å². The average Bonchev–Trinajstić information content (AvgIpc) is 2.57. The molecule has 0 atom stereocenters. The van der Waals surface area contributed by atoms with Gasteiger partial charge in [-0.1, -0.05) is 0 Å². The highest BCUT2D eigenvalue weighted by molar-refractivity contribution is 7.98. The number of rotatable bonds is 3. The molecule has 0 bridgehead atoms. The Hall–Kier alpha value is -2.60. The molecule has 0 amide bonds. The van der Waals surface area contributed by atoms with Gasteiger partial charge in [0.2, 0.25) is 0 Å². The number of hydrogen-bond donors (Lipinski definition) is 1. The predicted molar refractivity (Wildman–Crippen MR) is 94.6 cm³/mol. The molecule has 3 aromatic rings. The highest BCUT2D eigenvalue weighted by Gasteiger charge is 2.12. The molecule has 3 rings (SSSR count). The van der Waals surface area contributed by atoms with Crippen molar-refractivity contribution in [3.8, 4) is 16.9 Å². The second-order valence-electron chi connectivity index (χ2n) is 5.32. The van der Waals surface area contributed by atoms with Crippen LogP contribution in [0.2, 0.25) is 0 Å². The fourth-order valence-corrected chi connectivity index (χ4v) is 2.91. The van der Waals surface area contributed by atoms with Gasteiger partial charge in [-0.25, -0.2) is 9.18 Å². The molecule has 0 aliphatic carbocycles. The van der Waals surface area contributed by atoms with Gasteiger partial charge < -0.3 is 0 Å². The summed E-state index contributed by atoms with van der Waals surface area (Å²) in [6.45, 7) is 1.64. The maximum Gasteiger partial charge on any atom is 0.333 e. The van der Waals surface area contributed by atoms with E-state index in [-0.39, 0.29) is 5.82 Å². The van der Waals surface area contributed by atoms with E-state index in [0.29, 0.717) is 22.5 Å². The maximum absolute atomic E-state index is 13.5. The first-order chi connectivity index (χ1) is 11.5. The number of nitrogens with one attached hydrogen (secondary N) is 1. The van der Waals surface area contributed by atoms with Gasteiger partial charge in [0.25, 0.3) is 5.56 Å². The number of aromatic nitrogens is 2. The van der Waals surface area contributed by atoms with Crippen molar-refractivity contribution in [1.82, 2.24) is 9.55 Å². The fraction of sp³-hybridized carbons (Fsp3) is 0.111. The molecule has 0 unspecified atom stereocenters. The van der Waals surface area contributed by atoms with Crippen molar-refractivity contribution in [3.63, 3.8) is 0 Å². The lowest BCUT2D eigenvalue weighted by Crippen LogP contribution is -2.29. The Labute approximate surface area is 142 Å². The zero-order chi connectivity index (χ0) is 17.3. The van der Waals surface area contributed by atoms with E-state index in [1.54, 1.807) is 30.8 Å². The molecule has 1 aromatic heterocycles. The molecule has 0 radical (unpaired) electrons. The second-order valence-corrected chi connectivity index (χ2v) is 6.20. The molecular formula is C18H15FN2O2S. The zero-order valence-electron chi connectivity index (χ0n) is 13.2. The van der Waals surface area contributed by atoms with Crippen molar-refractivity contribution < 1.29 is 4.39 Å². The number of H-pyrrole nitrogens is 1. The van der Waals surface area contributed by atoms with Gasteiger partial charge in [-0.3, -0.25) is 14.3 Å². The van der Waals surface area contributed by atoms with Crippen molar-refractivity contribution >= 4 is 11.8 Å². The molecule has 0 aliphatic rings. The molecular weight excluding hydrogens is 327 g/mol. The zero-order valence-corrected chi connectivity index (χ0v) is 14.0. The fourth-order valence-electron chi connectivity index (χ4n) is 2.50. The summed E-state index contributed by atoms with van der Waals surface area (Å²) in [5, 5.41) is 0. The van der Waals surface area contributed by atoms with Crippen molar-refractivity contribution in [1.29, 1.82) is 0 Å². The molecule has 1 heterocycles. The number of aryl methyl sites for hydroxylation is 1. The molecule has 0 aliphatic heterocycles. The Bertz CT molecular complexity index is 1010. The minimum atomic E-state index is -0.531. The van der Waals surface area contributed by atoms with E-state index >= 15 is 0 Å². The third-order valence-corrected chi connectivity index (χ3v) is 4.47. The Morgan fingerprint density at radius 1 is 1.04 bits per heavy atom. The Balaban J connectivity index is 2.27. The first kappa shape index (κ1) is 16.3. The van der Waals surface area contributed by atoms with Crippen LogP contribution >= 0.6 is 11.8 Å². The predicted octanol–water partition coefficient (Wildman–Crippen LogP) is 3.36. The molecule has 1 N–H and O–H groups in total. The molecule has 0 fully saturated rings. The Kier molecular flexibility index (Phi) is 4.40. The minimum Gasteiger partial charge on any atom is -0.274 e. The van der Waals surface area contributed by atoms with E-state index in [0.717, 1.165) is 4.90 Å². The third kappa shape index (κ3) is 3.05. The summed E-state index contributed by atoms with van der Waals surface area (Å²) in [6.07, 6.45) is 1.97. The smallest absolute Gasteiger partial charge is 0.274 e. The number of benzene rings is 2. The van der Waals surface area contributed by atoms with Crippen molar-refractivity contribution in [2.24, 2.45) is 0 Å². The van der Waals surface area contributed by atoms with Gasteiger partial charge in [0.05, 0.1) is 11.4 Å². The summed E-state index contributed by atoms with van der Waals surface area (Å²) in [7, 11) is 0. The molecule has 2 aromatic carbocycles. The highest BCUT2D eigenvalue weighted by Crippen LogP contribution is 2.23. The van der Waals surface area contributed by atoms with Gasteiger partial charge in [0, 0.05) is 11.0 Å². The quantitative estimate of drug-likeness (QED) is 0.743. The normalized spacial score (nSPS) is 10.8. The Morgan fingerprint density at radius 3 is 2.38 bits per heavy atom. The molecule has 24 heavy (non-hydrogen) atoms. The monoisotopic (exact) mass is 342 g/mol. The van der Waals surface area contributed by atoms with Crippen LogP contribution in [-0.4, -0.2) is 15.8 Å². The van der Waals surface area contributed by atoms with E-state index < -0.39 is 11.2 Å². The summed E-state index contributed by atoms with van der Waals surface area (Å²) >= 11 is 1.60. The van der Waals surface area contributed by atoms with E-state index in [1.807, 2.05) is 30.5 Å². The minimum absolute atomic E-state index is 0.332. The number of halogens is 1. The van der Waals surface area contributed by atoms with Crippen LogP contribution in [0, 0.1) is 12.7 Å². The summed E-state index contributed by atoms with van der Waals surface area (Å²) < 4.78 is 15.0. The first-order valence-electron chi connectivity index (χ1n) is 7.27. The number of nitrogens with zero attached hydrogens (tertiary/aromatic N) is 1. The standard InChI is InChI=1S/C18H15FN2O2S/c1-11-9-12(3-8-15(11)19)16-10-17(22)20-18(23)21(16)13-4-6-14(24-2)7-5-13/h3-10H,1-2H3,(H,20,22,23). The van der Waals surface area contributed by atoms with E-state index in [1.165, 1.54) is 16.7 Å². The van der Waals surface area contributed by atoms with Crippen LogP contribution in [0.15, 0.2) is 63.0 Å². The molecule has 0 saturated heterocycles. The van der Waals surface area contributed by atoms with Crippen LogP contribution in [0.4, 0.5) is 4.39 Å². The summed E-state index contributed by atoms with van der Waals surface area (Å²) in [5.41, 5.74) is 1.08. The van der Waals surface area contributed by atoms with Crippen molar-refractivity contribution in [2.45, 2.75) is 11.8 Å². The van der Waals surface area contributed by atoms with Crippen LogP contribution in [0.5, 0.6) is 0 Å². The number of thioether (sulfide) groups is 1. The molecule has 0 spiro atoms. The third-order valence-electron chi connectivity index (χ3n) is 3.73. The molecule has 122 valence electrons.